The van der Waals surface area contributed by atoms with Crippen LogP contribution in [0.1, 0.15) is 55.2 Å². The molecule has 0 radical (unpaired) electrons. The zero-order chi connectivity index (χ0) is 22.3. The van der Waals surface area contributed by atoms with Crippen LogP contribution in [-0.4, -0.2) is 40.1 Å². The van der Waals surface area contributed by atoms with E-state index in [0.29, 0.717) is 12.0 Å². The van der Waals surface area contributed by atoms with Crippen molar-refractivity contribution in [1.82, 2.24) is 9.80 Å². The van der Waals surface area contributed by atoms with Gasteiger partial charge < -0.3 is 4.90 Å². The SMILES string of the molecule is Cc1ccccc1[C@@]1(CC(=O)N2C[C@@H]3CCC[C@@H]2C3)CC(=O)N(Cc2ccccc2)C1=O. The first-order valence-corrected chi connectivity index (χ1v) is 11.7. The molecule has 3 atom stereocenters. The topological polar surface area (TPSA) is 57.7 Å². The lowest BCUT2D eigenvalue weighted by molar-refractivity contribution is -0.143. The van der Waals surface area contributed by atoms with Gasteiger partial charge >= 0.3 is 0 Å². The molecule has 3 amide bonds. The van der Waals surface area contributed by atoms with Crippen LogP contribution in [0.2, 0.25) is 0 Å². The molecule has 5 heteroatoms. The molecule has 0 aromatic heterocycles. The Balaban J connectivity index is 1.49. The molecule has 32 heavy (non-hydrogen) atoms. The van der Waals surface area contributed by atoms with Gasteiger partial charge in [-0.25, -0.2) is 0 Å². The third-order valence-electron chi connectivity index (χ3n) is 7.68. The number of hydrogen-bond acceptors (Lipinski definition) is 3. The minimum absolute atomic E-state index is 0.0189. The van der Waals surface area contributed by atoms with Gasteiger partial charge in [0.1, 0.15) is 0 Å². The number of fused-ring (bicyclic) bond motifs is 2. The van der Waals surface area contributed by atoms with Crippen molar-refractivity contribution < 1.29 is 14.4 Å². The number of hydrogen-bond donors (Lipinski definition) is 0. The minimum Gasteiger partial charge on any atom is -0.339 e. The summed E-state index contributed by atoms with van der Waals surface area (Å²) in [5.74, 6) is 0.166. The molecule has 0 spiro atoms. The predicted molar refractivity (Wildman–Crippen MR) is 122 cm³/mol. The zero-order valence-corrected chi connectivity index (χ0v) is 18.6. The van der Waals surface area contributed by atoms with E-state index < -0.39 is 5.41 Å². The van der Waals surface area contributed by atoms with Crippen LogP contribution in [0.4, 0.5) is 0 Å². The highest BCUT2D eigenvalue weighted by molar-refractivity contribution is 6.10. The van der Waals surface area contributed by atoms with E-state index in [4.69, 9.17) is 0 Å². The maximum atomic E-state index is 13.9. The number of carbonyl (C=O) groups excluding carboxylic acids is 3. The maximum Gasteiger partial charge on any atom is 0.241 e. The van der Waals surface area contributed by atoms with Crippen LogP contribution in [0, 0.1) is 12.8 Å². The van der Waals surface area contributed by atoms with Crippen LogP contribution in [0.25, 0.3) is 0 Å². The van der Waals surface area contributed by atoms with E-state index in [-0.39, 0.29) is 37.1 Å². The molecule has 2 aliphatic heterocycles. The number of imide groups is 1. The summed E-state index contributed by atoms with van der Waals surface area (Å²) in [7, 11) is 0. The molecule has 2 saturated heterocycles. The van der Waals surface area contributed by atoms with Crippen LogP contribution in [0.3, 0.4) is 0 Å². The van der Waals surface area contributed by atoms with Gasteiger partial charge in [0.05, 0.1) is 12.0 Å². The molecule has 0 unspecified atom stereocenters. The standard InChI is InChI=1S/C27H30N2O3/c1-19-8-5-6-13-23(19)27(15-24(30)28-18-21-11-7-12-22(28)14-21)16-25(31)29(26(27)32)17-20-9-3-2-4-10-20/h2-6,8-10,13,21-22H,7,11-12,14-18H2,1H3/t21-,22-,27-/m1/s1. The number of likely N-dealkylation sites (tertiary alicyclic amines) is 2. The van der Waals surface area contributed by atoms with Crippen molar-refractivity contribution in [1.29, 1.82) is 0 Å². The quantitative estimate of drug-likeness (QED) is 0.674. The lowest BCUT2D eigenvalue weighted by atomic mass is 9.74. The Kier molecular flexibility index (Phi) is 5.36. The third kappa shape index (κ3) is 3.54. The third-order valence-corrected chi connectivity index (χ3v) is 7.68. The smallest absolute Gasteiger partial charge is 0.241 e. The summed E-state index contributed by atoms with van der Waals surface area (Å²) in [6.07, 6.45) is 4.60. The van der Waals surface area contributed by atoms with Crippen molar-refractivity contribution in [2.75, 3.05) is 6.54 Å². The van der Waals surface area contributed by atoms with E-state index in [1.807, 2.05) is 66.4 Å². The first kappa shape index (κ1) is 20.9. The fraction of sp³-hybridized carbons (Fsp3) is 0.444. The summed E-state index contributed by atoms with van der Waals surface area (Å²) < 4.78 is 0. The Morgan fingerprint density at radius 2 is 1.78 bits per heavy atom. The maximum absolute atomic E-state index is 13.9. The average molecular weight is 431 g/mol. The Labute approximate surface area is 189 Å². The van der Waals surface area contributed by atoms with Gasteiger partial charge in [-0.15, -0.1) is 0 Å². The van der Waals surface area contributed by atoms with Gasteiger partial charge in [-0.2, -0.15) is 0 Å². The van der Waals surface area contributed by atoms with Gasteiger partial charge in [0.15, 0.2) is 0 Å². The molecule has 3 fully saturated rings. The van der Waals surface area contributed by atoms with Gasteiger partial charge in [0, 0.05) is 25.4 Å². The molecule has 1 saturated carbocycles. The van der Waals surface area contributed by atoms with E-state index in [9.17, 15) is 14.4 Å². The van der Waals surface area contributed by atoms with Crippen LogP contribution < -0.4 is 0 Å². The Morgan fingerprint density at radius 1 is 1.03 bits per heavy atom. The Bertz CT molecular complexity index is 1050. The van der Waals surface area contributed by atoms with Gasteiger partial charge in [-0.1, -0.05) is 61.0 Å². The van der Waals surface area contributed by atoms with Gasteiger partial charge in [-0.05, 0) is 48.8 Å². The molecular weight excluding hydrogens is 400 g/mol. The summed E-state index contributed by atoms with van der Waals surface area (Å²) in [5, 5.41) is 0. The number of nitrogens with zero attached hydrogens (tertiary/aromatic N) is 2. The molecular formula is C27H30N2O3. The summed E-state index contributed by atoms with van der Waals surface area (Å²) in [6, 6.07) is 17.6. The van der Waals surface area contributed by atoms with Crippen LogP contribution >= 0.6 is 0 Å². The Morgan fingerprint density at radius 3 is 2.53 bits per heavy atom. The molecule has 1 aliphatic carbocycles. The minimum atomic E-state index is -1.12. The van der Waals surface area contributed by atoms with Crippen molar-refractivity contribution in [3.8, 4) is 0 Å². The van der Waals surface area contributed by atoms with E-state index in [2.05, 4.69) is 0 Å². The van der Waals surface area contributed by atoms with Gasteiger partial charge in [0.25, 0.3) is 0 Å². The van der Waals surface area contributed by atoms with Crippen LogP contribution in [-0.2, 0) is 26.3 Å². The van der Waals surface area contributed by atoms with Crippen molar-refractivity contribution in [3.05, 3.63) is 71.3 Å². The number of rotatable bonds is 5. The van der Waals surface area contributed by atoms with E-state index >= 15 is 0 Å². The second-order valence-electron chi connectivity index (χ2n) is 9.75. The normalized spacial score (nSPS) is 27.3. The largest absolute Gasteiger partial charge is 0.339 e. The number of aryl methyl sites for hydroxylation is 1. The van der Waals surface area contributed by atoms with Crippen LogP contribution in [0.15, 0.2) is 54.6 Å². The summed E-state index contributed by atoms with van der Waals surface area (Å²) in [6.45, 7) is 3.00. The fourth-order valence-electron chi connectivity index (χ4n) is 6.08. The van der Waals surface area contributed by atoms with Crippen molar-refractivity contribution in [2.45, 2.75) is 63.5 Å². The second-order valence-corrected chi connectivity index (χ2v) is 9.75. The molecule has 2 aromatic carbocycles. The summed E-state index contributed by atoms with van der Waals surface area (Å²) >= 11 is 0. The van der Waals surface area contributed by atoms with E-state index in [1.165, 1.54) is 17.7 Å². The van der Waals surface area contributed by atoms with E-state index in [1.54, 1.807) is 0 Å². The molecule has 5 rings (SSSR count). The molecule has 166 valence electrons. The summed E-state index contributed by atoms with van der Waals surface area (Å²) in [5.41, 5.74) is 1.55. The highest BCUT2D eigenvalue weighted by Crippen LogP contribution is 2.44. The second kappa shape index (κ2) is 8.19. The monoisotopic (exact) mass is 430 g/mol. The summed E-state index contributed by atoms with van der Waals surface area (Å²) in [4.78, 5) is 44.0. The molecule has 0 N–H and O–H groups in total. The highest BCUT2D eigenvalue weighted by Gasteiger charge is 2.55. The number of carbonyl (C=O) groups is 3. The van der Waals surface area contributed by atoms with Crippen molar-refractivity contribution in [3.63, 3.8) is 0 Å². The predicted octanol–water partition coefficient (Wildman–Crippen LogP) is 3.98. The average Bonchev–Trinajstić information content (AvgIpc) is 3.22. The van der Waals surface area contributed by atoms with Crippen LogP contribution in [0.5, 0.6) is 0 Å². The fourth-order valence-corrected chi connectivity index (χ4v) is 6.08. The van der Waals surface area contributed by atoms with Crippen molar-refractivity contribution in [2.24, 2.45) is 5.92 Å². The number of amides is 3. The van der Waals surface area contributed by atoms with Gasteiger partial charge in [0.2, 0.25) is 17.7 Å². The Hall–Kier alpha value is -2.95. The van der Waals surface area contributed by atoms with E-state index in [0.717, 1.165) is 36.1 Å². The highest BCUT2D eigenvalue weighted by atomic mass is 16.2. The lowest BCUT2D eigenvalue weighted by Crippen LogP contribution is -2.44. The zero-order valence-electron chi connectivity index (χ0n) is 18.6. The molecule has 5 nitrogen and oxygen atoms in total. The first-order valence-electron chi connectivity index (χ1n) is 11.7. The molecule has 3 aliphatic rings. The van der Waals surface area contributed by atoms with Gasteiger partial charge in [-0.3, -0.25) is 19.3 Å². The molecule has 2 aromatic rings. The number of benzene rings is 2. The molecule has 2 bridgehead atoms. The first-order chi connectivity index (χ1) is 15.5. The lowest BCUT2D eigenvalue weighted by Gasteiger charge is -2.32. The van der Waals surface area contributed by atoms with Crippen molar-refractivity contribution >= 4 is 17.7 Å². The molecule has 2 heterocycles.